The van der Waals surface area contributed by atoms with Crippen molar-refractivity contribution in [3.63, 3.8) is 0 Å². The lowest BCUT2D eigenvalue weighted by Gasteiger charge is -2.08. The molecular weight excluding hydrogens is 317 g/mol. The van der Waals surface area contributed by atoms with Crippen LogP contribution >= 0.6 is 11.6 Å². The van der Waals surface area contributed by atoms with E-state index in [0.29, 0.717) is 11.8 Å². The maximum Gasteiger partial charge on any atom is 0.417 e. The summed E-state index contributed by atoms with van der Waals surface area (Å²) in [7, 11) is 0. The number of rotatable bonds is 2. The summed E-state index contributed by atoms with van der Waals surface area (Å²) in [4.78, 5) is 15.6. The van der Waals surface area contributed by atoms with Gasteiger partial charge in [0.25, 0.3) is 0 Å². The summed E-state index contributed by atoms with van der Waals surface area (Å²) in [6, 6.07) is 9.51. The number of imidazole rings is 1. The molecule has 112 valence electrons. The van der Waals surface area contributed by atoms with Crippen molar-refractivity contribution in [2.45, 2.75) is 6.18 Å². The third-order valence-corrected chi connectivity index (χ3v) is 3.48. The number of hydrogen-bond acceptors (Lipinski definition) is 2. The van der Waals surface area contributed by atoms with E-state index in [-0.39, 0.29) is 22.1 Å². The summed E-state index contributed by atoms with van der Waals surface area (Å²) in [6.07, 6.45) is -3.27. The van der Waals surface area contributed by atoms with Crippen molar-refractivity contribution >= 4 is 23.5 Å². The largest absolute Gasteiger partial charge is 0.417 e. The van der Waals surface area contributed by atoms with Crippen LogP contribution in [0.15, 0.2) is 42.6 Å². The highest BCUT2D eigenvalue weighted by Crippen LogP contribution is 2.34. The van der Waals surface area contributed by atoms with Crippen LogP contribution in [-0.4, -0.2) is 15.7 Å². The van der Waals surface area contributed by atoms with E-state index in [1.807, 2.05) is 0 Å². The van der Waals surface area contributed by atoms with Crippen LogP contribution in [0.1, 0.15) is 16.1 Å². The summed E-state index contributed by atoms with van der Waals surface area (Å²) in [6.45, 7) is 0. The zero-order valence-corrected chi connectivity index (χ0v) is 11.7. The predicted octanol–water partition coefficient (Wildman–Crippen LogP) is 4.49. The number of fused-ring (bicyclic) bond motifs is 1. The number of carbonyl (C=O) groups is 1. The molecule has 0 saturated carbocycles. The Balaban J connectivity index is 2.34. The van der Waals surface area contributed by atoms with Gasteiger partial charge >= 0.3 is 6.18 Å². The van der Waals surface area contributed by atoms with Crippen molar-refractivity contribution in [1.82, 2.24) is 9.38 Å². The Morgan fingerprint density at radius 3 is 2.45 bits per heavy atom. The first-order chi connectivity index (χ1) is 10.4. The fourth-order valence-corrected chi connectivity index (χ4v) is 2.45. The molecule has 22 heavy (non-hydrogen) atoms. The second kappa shape index (κ2) is 5.14. The molecule has 0 spiro atoms. The summed E-state index contributed by atoms with van der Waals surface area (Å²) >= 11 is 5.90. The molecule has 3 rings (SSSR count). The average molecular weight is 325 g/mol. The standard InChI is InChI=1S/C15H8ClF3N2O/c16-11-6-10(15(17,18)19)7-21-12(8-22)13(20-14(11)21)9-4-2-1-3-5-9/h1-8H. The maximum atomic E-state index is 12.9. The fraction of sp³-hybridized carbons (Fsp3) is 0.0667. The van der Waals surface area contributed by atoms with E-state index in [9.17, 15) is 18.0 Å². The highest BCUT2D eigenvalue weighted by Gasteiger charge is 2.32. The smallest absolute Gasteiger partial charge is 0.296 e. The normalized spacial score (nSPS) is 11.8. The first-order valence-corrected chi connectivity index (χ1v) is 6.59. The fourth-order valence-electron chi connectivity index (χ4n) is 2.20. The molecule has 0 aliphatic carbocycles. The maximum absolute atomic E-state index is 12.9. The highest BCUT2D eigenvalue weighted by molar-refractivity contribution is 6.33. The van der Waals surface area contributed by atoms with Crippen molar-refractivity contribution in [2.24, 2.45) is 0 Å². The number of nitrogens with zero attached hydrogens (tertiary/aromatic N) is 2. The Morgan fingerprint density at radius 2 is 1.86 bits per heavy atom. The Bertz CT molecular complexity index is 857. The lowest BCUT2D eigenvalue weighted by molar-refractivity contribution is -0.137. The topological polar surface area (TPSA) is 34.4 Å². The van der Waals surface area contributed by atoms with Gasteiger partial charge < -0.3 is 0 Å². The van der Waals surface area contributed by atoms with Gasteiger partial charge in [0.1, 0.15) is 11.4 Å². The average Bonchev–Trinajstić information content (AvgIpc) is 2.86. The number of carbonyl (C=O) groups excluding carboxylic acids is 1. The molecular formula is C15H8ClF3N2O. The SMILES string of the molecule is O=Cc1c(-c2ccccc2)nc2c(Cl)cc(C(F)(F)F)cn12. The molecule has 0 aliphatic rings. The van der Waals surface area contributed by atoms with Gasteiger partial charge in [0, 0.05) is 11.8 Å². The van der Waals surface area contributed by atoms with Crippen LogP contribution in [0.25, 0.3) is 16.9 Å². The predicted molar refractivity (Wildman–Crippen MR) is 76.0 cm³/mol. The first-order valence-electron chi connectivity index (χ1n) is 6.21. The monoisotopic (exact) mass is 324 g/mol. The first kappa shape index (κ1) is 14.6. The molecule has 0 N–H and O–H groups in total. The molecule has 0 radical (unpaired) electrons. The van der Waals surface area contributed by atoms with Crippen LogP contribution in [0, 0.1) is 0 Å². The van der Waals surface area contributed by atoms with Gasteiger partial charge in [-0.25, -0.2) is 4.98 Å². The van der Waals surface area contributed by atoms with E-state index in [1.165, 1.54) is 0 Å². The molecule has 3 aromatic rings. The van der Waals surface area contributed by atoms with Crippen LogP contribution < -0.4 is 0 Å². The molecule has 1 aromatic carbocycles. The van der Waals surface area contributed by atoms with Crippen molar-refractivity contribution in [3.05, 3.63) is 58.9 Å². The Hall–Kier alpha value is -2.34. The molecule has 2 heterocycles. The zero-order valence-electron chi connectivity index (χ0n) is 10.9. The Kier molecular flexibility index (Phi) is 3.41. The third-order valence-electron chi connectivity index (χ3n) is 3.20. The molecule has 2 aromatic heterocycles. The molecule has 3 nitrogen and oxygen atoms in total. The van der Waals surface area contributed by atoms with Gasteiger partial charge in [0.15, 0.2) is 11.9 Å². The van der Waals surface area contributed by atoms with Crippen LogP contribution in [0.2, 0.25) is 5.02 Å². The number of pyridine rings is 1. The van der Waals surface area contributed by atoms with E-state index in [1.54, 1.807) is 30.3 Å². The number of benzene rings is 1. The van der Waals surface area contributed by atoms with Gasteiger partial charge in [-0.05, 0) is 6.07 Å². The van der Waals surface area contributed by atoms with Crippen molar-refractivity contribution in [3.8, 4) is 11.3 Å². The number of aldehydes is 1. The summed E-state index contributed by atoms with van der Waals surface area (Å²) < 4.78 is 39.7. The van der Waals surface area contributed by atoms with Crippen LogP contribution in [0.3, 0.4) is 0 Å². The van der Waals surface area contributed by atoms with E-state index in [2.05, 4.69) is 4.98 Å². The minimum Gasteiger partial charge on any atom is -0.296 e. The number of alkyl halides is 3. The van der Waals surface area contributed by atoms with Gasteiger partial charge in [-0.15, -0.1) is 0 Å². The van der Waals surface area contributed by atoms with Crippen molar-refractivity contribution in [2.75, 3.05) is 0 Å². The second-order valence-corrected chi connectivity index (χ2v) is 5.00. The minimum absolute atomic E-state index is 0.0224. The highest BCUT2D eigenvalue weighted by atomic mass is 35.5. The number of aromatic nitrogens is 2. The summed E-state index contributed by atoms with van der Waals surface area (Å²) in [5.41, 5.74) is 0.102. The zero-order chi connectivity index (χ0) is 15.9. The molecule has 0 bridgehead atoms. The molecule has 0 amide bonds. The van der Waals surface area contributed by atoms with Crippen LogP contribution in [0.5, 0.6) is 0 Å². The Labute approximate surface area is 128 Å². The van der Waals surface area contributed by atoms with Gasteiger partial charge in [0.05, 0.1) is 10.6 Å². The molecule has 0 saturated heterocycles. The minimum atomic E-state index is -4.56. The summed E-state index contributed by atoms with van der Waals surface area (Å²) in [5, 5.41) is -0.167. The van der Waals surface area contributed by atoms with Gasteiger partial charge in [-0.3, -0.25) is 9.20 Å². The summed E-state index contributed by atoms with van der Waals surface area (Å²) in [5.74, 6) is 0. The lowest BCUT2D eigenvalue weighted by atomic mass is 10.1. The molecule has 7 heteroatoms. The molecule has 0 fully saturated rings. The third kappa shape index (κ3) is 2.35. The van der Waals surface area contributed by atoms with Crippen LogP contribution in [0.4, 0.5) is 13.2 Å². The Morgan fingerprint density at radius 1 is 1.18 bits per heavy atom. The lowest BCUT2D eigenvalue weighted by Crippen LogP contribution is -2.07. The van der Waals surface area contributed by atoms with E-state index in [0.717, 1.165) is 16.7 Å². The molecule has 0 atom stereocenters. The van der Waals surface area contributed by atoms with Gasteiger partial charge in [-0.1, -0.05) is 41.9 Å². The number of hydrogen-bond donors (Lipinski definition) is 0. The van der Waals surface area contributed by atoms with E-state index >= 15 is 0 Å². The second-order valence-electron chi connectivity index (χ2n) is 4.60. The van der Waals surface area contributed by atoms with Crippen molar-refractivity contribution < 1.29 is 18.0 Å². The quantitative estimate of drug-likeness (QED) is 0.651. The molecule has 0 unspecified atom stereocenters. The van der Waals surface area contributed by atoms with Gasteiger partial charge in [0.2, 0.25) is 0 Å². The molecule has 0 aliphatic heterocycles. The van der Waals surface area contributed by atoms with Crippen LogP contribution in [-0.2, 0) is 6.18 Å². The number of halogens is 4. The van der Waals surface area contributed by atoms with E-state index < -0.39 is 11.7 Å². The van der Waals surface area contributed by atoms with E-state index in [4.69, 9.17) is 11.6 Å². The van der Waals surface area contributed by atoms with Gasteiger partial charge in [-0.2, -0.15) is 13.2 Å². The van der Waals surface area contributed by atoms with Crippen molar-refractivity contribution in [1.29, 1.82) is 0 Å².